The number of allylic oxidation sites excluding steroid dienone is 3. The average molecular weight is 409 g/mol. The molecular formula is C23H18Cl2N2O. The predicted molar refractivity (Wildman–Crippen MR) is 112 cm³/mol. The largest absolute Gasteiger partial charge is 0.440 e. The summed E-state index contributed by atoms with van der Waals surface area (Å²) in [6.45, 7) is 0. The van der Waals surface area contributed by atoms with Gasteiger partial charge < -0.3 is 10.5 Å². The Morgan fingerprint density at radius 2 is 1.75 bits per heavy atom. The highest BCUT2D eigenvalue weighted by atomic mass is 35.5. The summed E-state index contributed by atoms with van der Waals surface area (Å²) in [4.78, 5) is 0. The lowest BCUT2D eigenvalue weighted by Crippen LogP contribution is -2.24. The Morgan fingerprint density at radius 1 is 1.04 bits per heavy atom. The highest BCUT2D eigenvalue weighted by Crippen LogP contribution is 2.48. The maximum Gasteiger partial charge on any atom is 0.205 e. The predicted octanol–water partition coefficient (Wildman–Crippen LogP) is 6.32. The minimum atomic E-state index is -0.294. The number of ether oxygens (including phenoxy) is 1. The fourth-order valence-electron chi connectivity index (χ4n) is 3.88. The van der Waals surface area contributed by atoms with E-state index in [4.69, 9.17) is 33.7 Å². The maximum atomic E-state index is 9.75. The van der Waals surface area contributed by atoms with Crippen LogP contribution in [0.25, 0.3) is 6.08 Å². The molecule has 0 spiro atoms. The molecule has 1 aliphatic heterocycles. The molecule has 140 valence electrons. The molecule has 0 radical (unpaired) electrons. The van der Waals surface area contributed by atoms with Crippen LogP contribution in [0, 0.1) is 11.3 Å². The van der Waals surface area contributed by atoms with Crippen LogP contribution in [0.4, 0.5) is 0 Å². The van der Waals surface area contributed by atoms with Gasteiger partial charge in [0, 0.05) is 10.0 Å². The van der Waals surface area contributed by atoms with Crippen LogP contribution < -0.4 is 5.73 Å². The SMILES string of the molecule is N#CC1=C(N)OC2=C(CCCC2=Cc2ccccc2Cl)C1c1ccccc1Cl. The van der Waals surface area contributed by atoms with Crippen molar-refractivity contribution in [2.75, 3.05) is 0 Å². The Hall–Kier alpha value is -2.67. The van der Waals surface area contributed by atoms with E-state index >= 15 is 0 Å². The number of nitrogens with zero attached hydrogens (tertiary/aromatic N) is 1. The second kappa shape index (κ2) is 7.75. The minimum absolute atomic E-state index is 0.137. The third-order valence-electron chi connectivity index (χ3n) is 5.16. The van der Waals surface area contributed by atoms with Crippen LogP contribution in [-0.2, 0) is 4.74 Å². The van der Waals surface area contributed by atoms with Crippen molar-refractivity contribution in [3.63, 3.8) is 0 Å². The molecule has 5 heteroatoms. The Morgan fingerprint density at radius 3 is 2.46 bits per heavy atom. The molecule has 0 amide bonds. The van der Waals surface area contributed by atoms with Gasteiger partial charge in [-0.25, -0.2) is 0 Å². The lowest BCUT2D eigenvalue weighted by Gasteiger charge is -2.33. The van der Waals surface area contributed by atoms with Gasteiger partial charge >= 0.3 is 0 Å². The van der Waals surface area contributed by atoms with Crippen LogP contribution in [0.3, 0.4) is 0 Å². The Kier molecular flexibility index (Phi) is 5.17. The normalized spacial score (nSPS) is 20.6. The molecule has 1 heterocycles. The molecule has 28 heavy (non-hydrogen) atoms. The van der Waals surface area contributed by atoms with Gasteiger partial charge in [0.05, 0.1) is 5.92 Å². The average Bonchev–Trinajstić information content (AvgIpc) is 2.70. The number of rotatable bonds is 2. The first-order valence-electron chi connectivity index (χ1n) is 9.10. The third kappa shape index (κ3) is 3.30. The Balaban J connectivity index is 1.88. The molecule has 0 aromatic heterocycles. The highest BCUT2D eigenvalue weighted by molar-refractivity contribution is 6.32. The van der Waals surface area contributed by atoms with Crippen molar-refractivity contribution < 1.29 is 4.74 Å². The van der Waals surface area contributed by atoms with Gasteiger partial charge in [-0.05, 0) is 59.7 Å². The summed E-state index contributed by atoms with van der Waals surface area (Å²) in [6.07, 6.45) is 4.68. The molecule has 0 bridgehead atoms. The summed E-state index contributed by atoms with van der Waals surface area (Å²) >= 11 is 12.8. The van der Waals surface area contributed by atoms with Crippen LogP contribution in [0.1, 0.15) is 36.3 Å². The van der Waals surface area contributed by atoms with Gasteiger partial charge in [-0.1, -0.05) is 59.6 Å². The lowest BCUT2D eigenvalue weighted by molar-refractivity contribution is 0.277. The first kappa shape index (κ1) is 18.7. The van der Waals surface area contributed by atoms with E-state index in [1.54, 1.807) is 0 Å². The van der Waals surface area contributed by atoms with Crippen LogP contribution in [-0.4, -0.2) is 0 Å². The fraction of sp³-hybridized carbons (Fsp3) is 0.174. The molecule has 3 nitrogen and oxygen atoms in total. The molecule has 2 aromatic rings. The van der Waals surface area contributed by atoms with E-state index in [-0.39, 0.29) is 11.8 Å². The van der Waals surface area contributed by atoms with Gasteiger partial charge in [-0.15, -0.1) is 0 Å². The topological polar surface area (TPSA) is 59.0 Å². The molecule has 2 N–H and O–H groups in total. The van der Waals surface area contributed by atoms with E-state index in [0.717, 1.165) is 47.3 Å². The van der Waals surface area contributed by atoms with Crippen molar-refractivity contribution in [1.29, 1.82) is 5.26 Å². The van der Waals surface area contributed by atoms with Gasteiger partial charge in [0.2, 0.25) is 5.88 Å². The van der Waals surface area contributed by atoms with E-state index in [9.17, 15) is 5.26 Å². The zero-order valence-electron chi connectivity index (χ0n) is 15.1. The highest BCUT2D eigenvalue weighted by Gasteiger charge is 2.36. The fourth-order valence-corrected chi connectivity index (χ4v) is 4.32. The standard InChI is InChI=1S/C23H18Cl2N2O/c24-19-10-3-1-6-14(19)12-15-7-5-9-17-21(16-8-2-4-11-20(16)25)18(13-26)23(27)28-22(15)17/h1-4,6,8,10-12,21H,5,7,9,27H2. The van der Waals surface area contributed by atoms with Crippen LogP contribution >= 0.6 is 23.2 Å². The number of benzene rings is 2. The molecule has 1 atom stereocenters. The molecule has 0 fully saturated rings. The first-order chi connectivity index (χ1) is 13.6. The molecule has 4 rings (SSSR count). The summed E-state index contributed by atoms with van der Waals surface area (Å²) in [5, 5.41) is 11.0. The number of hydrogen-bond acceptors (Lipinski definition) is 3. The van der Waals surface area contributed by atoms with Gasteiger partial charge in [0.15, 0.2) is 0 Å². The van der Waals surface area contributed by atoms with Gasteiger partial charge in [0.25, 0.3) is 0 Å². The molecule has 2 aromatic carbocycles. The molecular weight excluding hydrogens is 391 g/mol. The maximum absolute atomic E-state index is 9.75. The van der Waals surface area contributed by atoms with Crippen molar-refractivity contribution in [1.82, 2.24) is 0 Å². The second-order valence-corrected chi connectivity index (χ2v) is 7.66. The molecule has 0 saturated heterocycles. The summed E-state index contributed by atoms with van der Waals surface area (Å²) in [5.74, 6) is 0.586. The second-order valence-electron chi connectivity index (χ2n) is 6.85. The monoisotopic (exact) mass is 408 g/mol. The van der Waals surface area contributed by atoms with Crippen molar-refractivity contribution in [2.24, 2.45) is 5.73 Å². The minimum Gasteiger partial charge on any atom is -0.440 e. The number of nitrogens with two attached hydrogens (primary N) is 1. The van der Waals surface area contributed by atoms with E-state index in [1.807, 2.05) is 54.6 Å². The van der Waals surface area contributed by atoms with E-state index < -0.39 is 0 Å². The third-order valence-corrected chi connectivity index (χ3v) is 5.85. The molecule has 0 saturated carbocycles. The van der Waals surface area contributed by atoms with Gasteiger partial charge in [-0.2, -0.15) is 5.26 Å². The summed E-state index contributed by atoms with van der Waals surface area (Å²) in [7, 11) is 0. The Labute approximate surface area is 174 Å². The zero-order chi connectivity index (χ0) is 19.7. The van der Waals surface area contributed by atoms with Crippen molar-refractivity contribution in [2.45, 2.75) is 25.2 Å². The molecule has 2 aliphatic rings. The smallest absolute Gasteiger partial charge is 0.205 e. The van der Waals surface area contributed by atoms with Crippen molar-refractivity contribution in [3.05, 3.63) is 98.1 Å². The molecule has 1 aliphatic carbocycles. The zero-order valence-corrected chi connectivity index (χ0v) is 16.6. The summed E-state index contributed by atoms with van der Waals surface area (Å²) in [5.41, 5.74) is 10.5. The van der Waals surface area contributed by atoms with Gasteiger partial charge in [-0.3, -0.25) is 0 Å². The Bertz CT molecular complexity index is 1080. The lowest BCUT2D eigenvalue weighted by atomic mass is 9.77. The summed E-state index contributed by atoms with van der Waals surface area (Å²) < 4.78 is 5.97. The van der Waals surface area contributed by atoms with E-state index in [0.29, 0.717) is 15.6 Å². The number of halogens is 2. The van der Waals surface area contributed by atoms with Crippen molar-refractivity contribution in [3.8, 4) is 6.07 Å². The quantitative estimate of drug-likeness (QED) is 0.631. The number of hydrogen-bond donors (Lipinski definition) is 1. The van der Waals surface area contributed by atoms with Crippen LogP contribution in [0.2, 0.25) is 10.0 Å². The summed E-state index contributed by atoms with van der Waals surface area (Å²) in [6, 6.07) is 17.5. The van der Waals surface area contributed by atoms with E-state index in [1.165, 1.54) is 0 Å². The molecule has 1 unspecified atom stereocenters. The van der Waals surface area contributed by atoms with Crippen LogP contribution in [0.5, 0.6) is 0 Å². The van der Waals surface area contributed by atoms with Gasteiger partial charge in [0.1, 0.15) is 17.4 Å². The van der Waals surface area contributed by atoms with Crippen molar-refractivity contribution >= 4 is 29.3 Å². The first-order valence-corrected chi connectivity index (χ1v) is 9.86. The van der Waals surface area contributed by atoms with Crippen LogP contribution in [0.15, 0.2) is 76.9 Å². The number of nitriles is 1. The van der Waals surface area contributed by atoms with E-state index in [2.05, 4.69) is 6.07 Å².